The number of benzene rings is 9. The topological polar surface area (TPSA) is 52.1 Å². The molecule has 0 saturated carbocycles. The summed E-state index contributed by atoms with van der Waals surface area (Å²) in [7, 11) is 0. The molecule has 4 heteroatoms. The van der Waals surface area contributed by atoms with Crippen molar-refractivity contribution in [3.05, 3.63) is 218 Å². The monoisotopic (exact) mass is 792 g/mol. The van der Waals surface area contributed by atoms with Gasteiger partial charge in [0.2, 0.25) is 0 Å². The first kappa shape index (κ1) is 35.6. The summed E-state index contributed by atoms with van der Waals surface area (Å²) in [5, 5.41) is 4.45. The van der Waals surface area contributed by atoms with E-state index in [0.717, 1.165) is 111 Å². The first-order chi connectivity index (χ1) is 30.7. The summed E-state index contributed by atoms with van der Waals surface area (Å²) in [6.07, 6.45) is 0. The molecule has 0 aliphatic heterocycles. The maximum atomic E-state index is 6.46. The molecule has 3 aromatic heterocycles. The standard InChI is InChI=1S/C58H36N2O2/c1-2-13-37(14-3-1)38-29-31-39(32-30-38)52-36-53(44-19-10-18-43(35-44)47-24-12-26-51-49-22-5-7-28-55(49)62-57(47)51)60-58(59-52)45-20-9-16-41(34-45)40-15-8-17-42(33-40)46-23-11-25-50-48-21-4-6-27-54(48)61-56(46)50/h1-36H. The molecule has 12 rings (SSSR count). The second-order valence-electron chi connectivity index (χ2n) is 15.7. The van der Waals surface area contributed by atoms with E-state index in [9.17, 15) is 0 Å². The number of fused-ring (bicyclic) bond motifs is 6. The third kappa shape index (κ3) is 6.25. The van der Waals surface area contributed by atoms with Crippen LogP contribution in [0.5, 0.6) is 0 Å². The lowest BCUT2D eigenvalue weighted by Crippen LogP contribution is -1.96. The highest BCUT2D eigenvalue weighted by Crippen LogP contribution is 2.40. The van der Waals surface area contributed by atoms with Crippen molar-refractivity contribution in [1.29, 1.82) is 0 Å². The Morgan fingerprint density at radius 3 is 1.27 bits per heavy atom. The van der Waals surface area contributed by atoms with Crippen molar-refractivity contribution >= 4 is 43.9 Å². The maximum absolute atomic E-state index is 6.46. The third-order valence-corrected chi connectivity index (χ3v) is 11.9. The van der Waals surface area contributed by atoms with Crippen LogP contribution in [0.25, 0.3) is 122 Å². The Morgan fingerprint density at radius 1 is 0.258 bits per heavy atom. The van der Waals surface area contributed by atoms with Crippen LogP contribution in [0.3, 0.4) is 0 Å². The van der Waals surface area contributed by atoms with Crippen molar-refractivity contribution < 1.29 is 8.83 Å². The Kier molecular flexibility index (Phi) is 8.46. The van der Waals surface area contributed by atoms with Gasteiger partial charge in [-0.3, -0.25) is 0 Å². The van der Waals surface area contributed by atoms with E-state index in [1.807, 2.05) is 30.3 Å². The van der Waals surface area contributed by atoms with Gasteiger partial charge in [0.15, 0.2) is 5.82 Å². The lowest BCUT2D eigenvalue weighted by atomic mass is 9.96. The molecule has 0 unspecified atom stereocenters. The summed E-state index contributed by atoms with van der Waals surface area (Å²) in [5.41, 5.74) is 16.9. The second kappa shape index (κ2) is 14.7. The van der Waals surface area contributed by atoms with Gasteiger partial charge in [-0.15, -0.1) is 0 Å². The molecule has 0 aliphatic carbocycles. The van der Waals surface area contributed by atoms with E-state index in [1.54, 1.807) is 0 Å². The predicted octanol–water partition coefficient (Wildman–Crippen LogP) is 15.9. The van der Waals surface area contributed by atoms with Gasteiger partial charge in [-0.25, -0.2) is 9.97 Å². The zero-order valence-corrected chi connectivity index (χ0v) is 33.5. The Balaban J connectivity index is 0.965. The fourth-order valence-corrected chi connectivity index (χ4v) is 8.84. The van der Waals surface area contributed by atoms with Crippen LogP contribution in [0.15, 0.2) is 227 Å². The summed E-state index contributed by atoms with van der Waals surface area (Å²) in [6, 6.07) is 76.2. The normalized spacial score (nSPS) is 11.5. The molecule has 3 heterocycles. The van der Waals surface area contributed by atoms with E-state index in [2.05, 4.69) is 188 Å². The quantitative estimate of drug-likeness (QED) is 0.161. The van der Waals surface area contributed by atoms with Gasteiger partial charge in [0, 0.05) is 49.4 Å². The average Bonchev–Trinajstić information content (AvgIpc) is 3.93. The van der Waals surface area contributed by atoms with E-state index in [4.69, 9.17) is 18.8 Å². The van der Waals surface area contributed by atoms with Crippen LogP contribution in [0.1, 0.15) is 0 Å². The Morgan fingerprint density at radius 2 is 0.661 bits per heavy atom. The largest absolute Gasteiger partial charge is 0.455 e. The van der Waals surface area contributed by atoms with Gasteiger partial charge >= 0.3 is 0 Å². The summed E-state index contributed by atoms with van der Waals surface area (Å²) >= 11 is 0. The molecule has 0 N–H and O–H groups in total. The van der Waals surface area contributed by atoms with Gasteiger partial charge in [0.1, 0.15) is 22.3 Å². The highest BCUT2D eigenvalue weighted by molar-refractivity contribution is 6.10. The fourth-order valence-electron chi connectivity index (χ4n) is 8.84. The van der Waals surface area contributed by atoms with Crippen molar-refractivity contribution in [3.63, 3.8) is 0 Å². The number of hydrogen-bond donors (Lipinski definition) is 0. The molecule has 290 valence electrons. The molecule has 9 aromatic carbocycles. The number of hydrogen-bond acceptors (Lipinski definition) is 4. The van der Waals surface area contributed by atoms with E-state index in [1.165, 1.54) is 5.56 Å². The number of aromatic nitrogens is 2. The molecular formula is C58H36N2O2. The van der Waals surface area contributed by atoms with Crippen LogP contribution in [-0.4, -0.2) is 9.97 Å². The highest BCUT2D eigenvalue weighted by Gasteiger charge is 2.17. The smallest absolute Gasteiger partial charge is 0.160 e. The zero-order chi connectivity index (χ0) is 41.0. The Hall–Kier alpha value is -8.34. The molecule has 12 aromatic rings. The van der Waals surface area contributed by atoms with Crippen molar-refractivity contribution in [2.24, 2.45) is 0 Å². The third-order valence-electron chi connectivity index (χ3n) is 11.9. The van der Waals surface area contributed by atoms with Crippen LogP contribution < -0.4 is 0 Å². The van der Waals surface area contributed by atoms with Gasteiger partial charge in [-0.05, 0) is 69.8 Å². The van der Waals surface area contributed by atoms with Crippen LogP contribution in [0.2, 0.25) is 0 Å². The zero-order valence-electron chi connectivity index (χ0n) is 33.5. The van der Waals surface area contributed by atoms with Crippen LogP contribution in [0.4, 0.5) is 0 Å². The minimum absolute atomic E-state index is 0.652. The molecule has 4 nitrogen and oxygen atoms in total. The van der Waals surface area contributed by atoms with Gasteiger partial charge in [-0.2, -0.15) is 0 Å². The van der Waals surface area contributed by atoms with Gasteiger partial charge in [-0.1, -0.05) is 182 Å². The van der Waals surface area contributed by atoms with E-state index in [-0.39, 0.29) is 0 Å². The number of nitrogens with zero attached hydrogens (tertiary/aromatic N) is 2. The molecule has 0 amide bonds. The van der Waals surface area contributed by atoms with Gasteiger partial charge in [0.05, 0.1) is 11.4 Å². The number of rotatable bonds is 7. The molecule has 0 aliphatic rings. The first-order valence-electron chi connectivity index (χ1n) is 20.9. The summed E-state index contributed by atoms with van der Waals surface area (Å²) in [5.74, 6) is 0.652. The van der Waals surface area contributed by atoms with Crippen molar-refractivity contribution in [3.8, 4) is 78.4 Å². The maximum Gasteiger partial charge on any atom is 0.160 e. The minimum Gasteiger partial charge on any atom is -0.455 e. The van der Waals surface area contributed by atoms with Crippen molar-refractivity contribution in [2.45, 2.75) is 0 Å². The lowest BCUT2D eigenvalue weighted by molar-refractivity contribution is 0.669. The lowest BCUT2D eigenvalue weighted by Gasteiger charge is -2.12. The second-order valence-corrected chi connectivity index (χ2v) is 15.7. The Bertz CT molecular complexity index is 3640. The predicted molar refractivity (Wildman–Crippen MR) is 255 cm³/mol. The SMILES string of the molecule is c1ccc(-c2ccc(-c3cc(-c4cccc(-c5cccc6c5oc5ccccc56)c4)nc(-c4cccc(-c5cccc(-c6cccc7c6oc6ccccc67)c5)c4)n3)cc2)cc1. The summed E-state index contributed by atoms with van der Waals surface area (Å²) in [4.78, 5) is 10.6. The molecule has 0 bridgehead atoms. The van der Waals surface area contributed by atoms with Crippen LogP contribution in [-0.2, 0) is 0 Å². The van der Waals surface area contributed by atoms with Gasteiger partial charge < -0.3 is 8.83 Å². The highest BCUT2D eigenvalue weighted by atomic mass is 16.3. The van der Waals surface area contributed by atoms with Crippen LogP contribution in [0, 0.1) is 0 Å². The van der Waals surface area contributed by atoms with E-state index < -0.39 is 0 Å². The summed E-state index contributed by atoms with van der Waals surface area (Å²) < 4.78 is 12.9. The molecule has 0 atom stereocenters. The Labute approximate surface area is 358 Å². The van der Waals surface area contributed by atoms with Crippen molar-refractivity contribution in [1.82, 2.24) is 9.97 Å². The average molecular weight is 793 g/mol. The summed E-state index contributed by atoms with van der Waals surface area (Å²) in [6.45, 7) is 0. The molecule has 62 heavy (non-hydrogen) atoms. The number of para-hydroxylation sites is 4. The fraction of sp³-hybridized carbons (Fsp3) is 0. The first-order valence-corrected chi connectivity index (χ1v) is 20.9. The molecule has 0 saturated heterocycles. The number of furan rings is 2. The van der Waals surface area contributed by atoms with Crippen molar-refractivity contribution in [2.75, 3.05) is 0 Å². The molecule has 0 fully saturated rings. The van der Waals surface area contributed by atoms with Gasteiger partial charge in [0.25, 0.3) is 0 Å². The molecule has 0 spiro atoms. The van der Waals surface area contributed by atoms with E-state index >= 15 is 0 Å². The van der Waals surface area contributed by atoms with E-state index in [0.29, 0.717) is 5.82 Å². The molecular weight excluding hydrogens is 757 g/mol. The molecule has 0 radical (unpaired) electrons. The minimum atomic E-state index is 0.652. The van der Waals surface area contributed by atoms with Crippen LogP contribution >= 0.6 is 0 Å².